The molecule has 0 aromatic rings. The van der Waals surface area contributed by atoms with Crippen LogP contribution in [0.15, 0.2) is 0 Å². The Morgan fingerprint density at radius 2 is 2.22 bits per heavy atom. The highest BCUT2D eigenvalue weighted by Crippen LogP contribution is 2.26. The number of carboxylic acid groups (broad SMARTS) is 1. The van der Waals surface area contributed by atoms with Crippen LogP contribution >= 0.6 is 0 Å². The van der Waals surface area contributed by atoms with E-state index in [0.29, 0.717) is 25.0 Å². The van der Waals surface area contributed by atoms with Crippen LogP contribution in [0.5, 0.6) is 0 Å². The number of carboxylic acids is 1. The van der Waals surface area contributed by atoms with E-state index in [1.807, 2.05) is 0 Å². The predicted octanol–water partition coefficient (Wildman–Crippen LogP) is 0.347. The van der Waals surface area contributed by atoms with Gasteiger partial charge in [0, 0.05) is 25.2 Å². The zero-order valence-corrected chi connectivity index (χ0v) is 11.2. The van der Waals surface area contributed by atoms with Gasteiger partial charge in [-0.1, -0.05) is 6.42 Å². The lowest BCUT2D eigenvalue weighted by Gasteiger charge is -2.49. The van der Waals surface area contributed by atoms with Crippen LogP contribution in [0.2, 0.25) is 0 Å². The van der Waals surface area contributed by atoms with E-state index >= 15 is 0 Å². The standard InChI is InChI=1S/C13H25N3O2/c1-10-8-15-7-3-2-4-11(15)9-16(10)12(5-6-14)13(17)18/h10-12H,2-9,14H2,1H3,(H,17,18). The van der Waals surface area contributed by atoms with Crippen LogP contribution in [0, 0.1) is 0 Å². The fourth-order valence-corrected chi connectivity index (χ4v) is 3.40. The van der Waals surface area contributed by atoms with Crippen molar-refractivity contribution in [2.75, 3.05) is 26.2 Å². The number of nitrogens with zero attached hydrogens (tertiary/aromatic N) is 2. The molecule has 0 radical (unpaired) electrons. The molecule has 5 heteroatoms. The van der Waals surface area contributed by atoms with Gasteiger partial charge in [-0.15, -0.1) is 0 Å². The van der Waals surface area contributed by atoms with E-state index in [2.05, 4.69) is 16.7 Å². The topological polar surface area (TPSA) is 69.8 Å². The molecule has 2 rings (SSSR count). The minimum atomic E-state index is -0.725. The number of aliphatic carboxylic acids is 1. The highest BCUT2D eigenvalue weighted by atomic mass is 16.4. The summed E-state index contributed by atoms with van der Waals surface area (Å²) in [5.41, 5.74) is 5.55. The molecule has 3 unspecified atom stereocenters. The van der Waals surface area contributed by atoms with Crippen molar-refractivity contribution in [1.82, 2.24) is 9.80 Å². The highest BCUT2D eigenvalue weighted by molar-refractivity contribution is 5.73. The van der Waals surface area contributed by atoms with Crippen molar-refractivity contribution in [2.45, 2.75) is 50.7 Å². The first kappa shape index (κ1) is 13.8. The Hall–Kier alpha value is -0.650. The molecule has 0 bridgehead atoms. The van der Waals surface area contributed by atoms with Gasteiger partial charge in [-0.2, -0.15) is 0 Å². The molecule has 2 aliphatic rings. The average Bonchev–Trinajstić information content (AvgIpc) is 2.35. The van der Waals surface area contributed by atoms with Gasteiger partial charge in [0.05, 0.1) is 0 Å². The van der Waals surface area contributed by atoms with Crippen LogP contribution in [-0.2, 0) is 4.79 Å². The maximum absolute atomic E-state index is 11.4. The molecule has 18 heavy (non-hydrogen) atoms. The summed E-state index contributed by atoms with van der Waals surface area (Å²) in [7, 11) is 0. The summed E-state index contributed by atoms with van der Waals surface area (Å²) < 4.78 is 0. The van der Waals surface area contributed by atoms with Crippen molar-refractivity contribution >= 4 is 5.97 Å². The fourth-order valence-electron chi connectivity index (χ4n) is 3.40. The van der Waals surface area contributed by atoms with Crippen LogP contribution in [0.4, 0.5) is 0 Å². The molecule has 0 saturated carbocycles. The summed E-state index contributed by atoms with van der Waals surface area (Å²) in [6.45, 7) is 5.64. The lowest BCUT2D eigenvalue weighted by Crippen LogP contribution is -2.62. The zero-order valence-electron chi connectivity index (χ0n) is 11.2. The number of nitrogens with two attached hydrogens (primary N) is 1. The van der Waals surface area contributed by atoms with Gasteiger partial charge in [0.25, 0.3) is 0 Å². The molecule has 2 heterocycles. The Labute approximate surface area is 109 Å². The molecule has 0 aromatic carbocycles. The Morgan fingerprint density at radius 1 is 1.44 bits per heavy atom. The third kappa shape index (κ3) is 2.84. The molecule has 3 N–H and O–H groups in total. The van der Waals surface area contributed by atoms with E-state index in [4.69, 9.17) is 5.73 Å². The van der Waals surface area contributed by atoms with Crippen molar-refractivity contribution in [3.8, 4) is 0 Å². The summed E-state index contributed by atoms with van der Waals surface area (Å²) in [5.74, 6) is -0.725. The van der Waals surface area contributed by atoms with Crippen molar-refractivity contribution in [3.05, 3.63) is 0 Å². The van der Waals surface area contributed by atoms with Crippen molar-refractivity contribution < 1.29 is 9.90 Å². The normalized spacial score (nSPS) is 31.9. The molecule has 2 aliphatic heterocycles. The highest BCUT2D eigenvalue weighted by Gasteiger charge is 2.38. The minimum absolute atomic E-state index is 0.312. The third-order valence-corrected chi connectivity index (χ3v) is 4.36. The Balaban J connectivity index is 2.05. The summed E-state index contributed by atoms with van der Waals surface area (Å²) in [6, 6.07) is 0.454. The van der Waals surface area contributed by atoms with E-state index in [9.17, 15) is 9.90 Å². The first-order valence-corrected chi connectivity index (χ1v) is 7.06. The molecular formula is C13H25N3O2. The molecule has 3 atom stereocenters. The lowest BCUT2D eigenvalue weighted by molar-refractivity contribution is -0.146. The second kappa shape index (κ2) is 5.99. The van der Waals surface area contributed by atoms with Gasteiger partial charge in [0.1, 0.15) is 6.04 Å². The molecule has 0 amide bonds. The van der Waals surface area contributed by atoms with Gasteiger partial charge in [-0.05, 0) is 39.3 Å². The van der Waals surface area contributed by atoms with Crippen molar-refractivity contribution in [1.29, 1.82) is 0 Å². The smallest absolute Gasteiger partial charge is 0.320 e. The number of fused-ring (bicyclic) bond motifs is 1. The Kier molecular flexibility index (Phi) is 4.59. The number of hydrogen-bond acceptors (Lipinski definition) is 4. The third-order valence-electron chi connectivity index (χ3n) is 4.36. The molecular weight excluding hydrogens is 230 g/mol. The van der Waals surface area contributed by atoms with E-state index < -0.39 is 12.0 Å². The molecule has 0 aliphatic carbocycles. The molecule has 5 nitrogen and oxygen atoms in total. The number of piperazine rings is 1. The van der Waals surface area contributed by atoms with E-state index in [0.717, 1.165) is 13.1 Å². The Morgan fingerprint density at radius 3 is 2.89 bits per heavy atom. The van der Waals surface area contributed by atoms with Gasteiger partial charge in [-0.3, -0.25) is 14.6 Å². The first-order valence-electron chi connectivity index (χ1n) is 7.06. The first-order chi connectivity index (χ1) is 8.63. The fraction of sp³-hybridized carbons (Fsp3) is 0.923. The van der Waals surface area contributed by atoms with Crippen LogP contribution in [0.25, 0.3) is 0 Å². The summed E-state index contributed by atoms with van der Waals surface area (Å²) in [4.78, 5) is 16.1. The summed E-state index contributed by atoms with van der Waals surface area (Å²) in [5, 5.41) is 9.36. The maximum atomic E-state index is 11.4. The molecule has 0 spiro atoms. The molecule has 104 valence electrons. The van der Waals surface area contributed by atoms with Gasteiger partial charge in [0.15, 0.2) is 0 Å². The number of piperidine rings is 1. The average molecular weight is 255 g/mol. The Bertz CT molecular complexity index is 298. The number of hydrogen-bond donors (Lipinski definition) is 2. The van der Waals surface area contributed by atoms with Crippen LogP contribution in [0.1, 0.15) is 32.6 Å². The largest absolute Gasteiger partial charge is 0.480 e. The van der Waals surface area contributed by atoms with Gasteiger partial charge >= 0.3 is 5.97 Å². The second-order valence-electron chi connectivity index (χ2n) is 5.62. The van der Waals surface area contributed by atoms with Gasteiger partial charge in [0.2, 0.25) is 0 Å². The van der Waals surface area contributed by atoms with E-state index in [-0.39, 0.29) is 0 Å². The predicted molar refractivity (Wildman–Crippen MR) is 70.5 cm³/mol. The number of carbonyl (C=O) groups is 1. The van der Waals surface area contributed by atoms with E-state index in [1.165, 1.54) is 25.8 Å². The minimum Gasteiger partial charge on any atom is -0.480 e. The SMILES string of the molecule is CC1CN2CCCCC2CN1C(CCN)C(=O)O. The van der Waals surface area contributed by atoms with Gasteiger partial charge in [-0.25, -0.2) is 0 Å². The molecule has 0 aromatic heterocycles. The van der Waals surface area contributed by atoms with Crippen LogP contribution in [0.3, 0.4) is 0 Å². The van der Waals surface area contributed by atoms with Gasteiger partial charge < -0.3 is 10.8 Å². The summed E-state index contributed by atoms with van der Waals surface area (Å²) >= 11 is 0. The maximum Gasteiger partial charge on any atom is 0.320 e. The van der Waals surface area contributed by atoms with E-state index in [1.54, 1.807) is 0 Å². The molecule has 2 fully saturated rings. The lowest BCUT2D eigenvalue weighted by atomic mass is 9.95. The van der Waals surface area contributed by atoms with Crippen LogP contribution in [-0.4, -0.2) is 65.2 Å². The quantitative estimate of drug-likeness (QED) is 0.758. The second-order valence-corrected chi connectivity index (χ2v) is 5.62. The zero-order chi connectivity index (χ0) is 13.1. The van der Waals surface area contributed by atoms with Crippen LogP contribution < -0.4 is 5.73 Å². The number of rotatable bonds is 4. The monoisotopic (exact) mass is 255 g/mol. The summed E-state index contributed by atoms with van der Waals surface area (Å²) in [6.07, 6.45) is 4.32. The van der Waals surface area contributed by atoms with Crippen molar-refractivity contribution in [3.63, 3.8) is 0 Å². The molecule has 2 saturated heterocycles. The van der Waals surface area contributed by atoms with Crippen molar-refractivity contribution in [2.24, 2.45) is 5.73 Å².